The van der Waals surface area contributed by atoms with Crippen molar-refractivity contribution in [3.63, 3.8) is 0 Å². The lowest BCUT2D eigenvalue weighted by Gasteiger charge is -2.65. The molecule has 1 heterocycles. The van der Waals surface area contributed by atoms with E-state index in [4.69, 9.17) is 29.0 Å². The van der Waals surface area contributed by atoms with Gasteiger partial charge in [0.1, 0.15) is 12.2 Å². The smallest absolute Gasteiger partial charge is 0.302 e. The van der Waals surface area contributed by atoms with Gasteiger partial charge in [0.25, 0.3) is 0 Å². The van der Waals surface area contributed by atoms with Crippen LogP contribution in [-0.2, 0) is 43.4 Å². The van der Waals surface area contributed by atoms with Gasteiger partial charge in [-0.1, -0.05) is 58.0 Å². The highest BCUT2D eigenvalue weighted by Gasteiger charge is 2.69. The van der Waals surface area contributed by atoms with E-state index in [1.165, 1.54) is 19.4 Å². The first-order valence-electron chi connectivity index (χ1n) is 20.7. The zero-order chi connectivity index (χ0) is 37.6. The monoisotopic (exact) mass is 737 g/mol. The molecule has 5 aliphatic carbocycles. The van der Waals surface area contributed by atoms with Gasteiger partial charge in [0.2, 0.25) is 17.5 Å². The summed E-state index contributed by atoms with van der Waals surface area (Å²) in [6.07, 6.45) is 10.3. The highest BCUT2D eigenvalue weighted by molar-refractivity contribution is 5.75. The van der Waals surface area contributed by atoms with Crippen molar-refractivity contribution >= 4 is 17.8 Å². The summed E-state index contributed by atoms with van der Waals surface area (Å²) in [6, 6.07) is 10.6. The second-order valence-electron chi connectivity index (χ2n) is 18.2. The summed E-state index contributed by atoms with van der Waals surface area (Å²) in [5, 5.41) is 3.02. The fraction of sp³-hybridized carbons (Fsp3) is 0.791. The van der Waals surface area contributed by atoms with Crippen LogP contribution in [0.2, 0.25) is 0 Å². The second kappa shape index (κ2) is 15.2. The molecule has 294 valence electrons. The van der Waals surface area contributed by atoms with Gasteiger partial charge in [0.15, 0.2) is 0 Å². The van der Waals surface area contributed by atoms with Crippen molar-refractivity contribution < 1.29 is 43.4 Å². The molecule has 10 heteroatoms. The summed E-state index contributed by atoms with van der Waals surface area (Å²) in [6.45, 7) is 12.8. The van der Waals surface area contributed by atoms with Crippen molar-refractivity contribution in [3.05, 3.63) is 35.9 Å². The first-order chi connectivity index (χ1) is 25.3. The molecule has 1 amide bonds. The Balaban J connectivity index is 1.08. The first kappa shape index (κ1) is 38.7. The highest BCUT2D eigenvalue weighted by Crippen LogP contribution is 2.70. The van der Waals surface area contributed by atoms with Gasteiger partial charge in [0.05, 0.1) is 0 Å². The van der Waals surface area contributed by atoms with Crippen molar-refractivity contribution in [1.82, 2.24) is 5.32 Å². The van der Waals surface area contributed by atoms with Gasteiger partial charge >= 0.3 is 11.9 Å². The average molecular weight is 738 g/mol. The average Bonchev–Trinajstić information content (AvgIpc) is 3.50. The van der Waals surface area contributed by atoms with E-state index >= 15 is 0 Å². The van der Waals surface area contributed by atoms with Gasteiger partial charge in [-0.2, -0.15) is 19.6 Å². The van der Waals surface area contributed by atoms with Gasteiger partial charge in [0, 0.05) is 63.8 Å². The Hall–Kier alpha value is -2.53. The number of nitrogens with one attached hydrogen (secondary N) is 1. The quantitative estimate of drug-likeness (QED) is 0.197. The molecule has 1 aromatic carbocycles. The maximum Gasteiger partial charge on any atom is 0.302 e. The second-order valence-corrected chi connectivity index (χ2v) is 18.2. The number of ether oxygens (including phenoxy) is 2. The topological polar surface area (TPSA) is 119 Å². The van der Waals surface area contributed by atoms with Crippen molar-refractivity contribution in [1.29, 1.82) is 0 Å². The van der Waals surface area contributed by atoms with E-state index in [9.17, 15) is 14.4 Å². The number of fused-ring (bicyclic) bond motifs is 5. The number of rotatable bonds is 9. The van der Waals surface area contributed by atoms with Crippen LogP contribution in [0, 0.1) is 46.3 Å². The number of carbonyl (C=O) groups excluding carboxylic acids is 3. The standard InChI is InChI=1S/C43H63NO9/c1-7-23-44-38(47)16-13-27(2)33-14-15-34-39-35(25-37(41(33,34)6)49-29(4)46)40(5)21-22-43(26-32(40)24-36(39)48-28(3)45)52-50-42(51-53-43)19-17-31(18-20-42)30-11-9-8-10-12-30/h8-12,27,31-37,39H,7,13-26H2,1-6H3,(H,44,47)/t27?,31?,32-,33-,34?,35?,36-,37+,39?,40+,41-,42?,43?/m1/s1. The number of benzene rings is 1. The third-order valence-corrected chi connectivity index (χ3v) is 15.2. The Morgan fingerprint density at radius 3 is 2.19 bits per heavy atom. The molecule has 1 aromatic rings. The van der Waals surface area contributed by atoms with Crippen molar-refractivity contribution in [3.8, 4) is 0 Å². The molecule has 4 unspecified atom stereocenters. The normalized spacial score (nSPS) is 42.5. The Morgan fingerprint density at radius 1 is 0.849 bits per heavy atom. The highest BCUT2D eigenvalue weighted by atomic mass is 17.4. The number of amides is 1. The van der Waals surface area contributed by atoms with Crippen LogP contribution < -0.4 is 5.32 Å². The van der Waals surface area contributed by atoms with E-state index in [1.807, 2.05) is 6.07 Å². The maximum absolute atomic E-state index is 12.8. The predicted octanol–water partition coefficient (Wildman–Crippen LogP) is 8.33. The molecular weight excluding hydrogens is 674 g/mol. The molecule has 6 fully saturated rings. The Kier molecular flexibility index (Phi) is 11.1. The summed E-state index contributed by atoms with van der Waals surface area (Å²) >= 11 is 0. The molecule has 0 aromatic heterocycles. The minimum absolute atomic E-state index is 0.0993. The molecule has 1 saturated heterocycles. The van der Waals surface area contributed by atoms with Gasteiger partial charge in [-0.05, 0) is 104 Å². The van der Waals surface area contributed by atoms with Crippen LogP contribution in [0.4, 0.5) is 0 Å². The minimum atomic E-state index is -1.03. The Morgan fingerprint density at radius 2 is 1.53 bits per heavy atom. The molecule has 10 nitrogen and oxygen atoms in total. The summed E-state index contributed by atoms with van der Waals surface area (Å²) < 4.78 is 12.7. The minimum Gasteiger partial charge on any atom is -0.462 e. The van der Waals surface area contributed by atoms with Gasteiger partial charge in [-0.15, -0.1) is 0 Å². The van der Waals surface area contributed by atoms with Crippen LogP contribution in [0.25, 0.3) is 0 Å². The van der Waals surface area contributed by atoms with E-state index in [0.717, 1.165) is 51.4 Å². The molecule has 0 bridgehead atoms. The van der Waals surface area contributed by atoms with Crippen LogP contribution >= 0.6 is 0 Å². The van der Waals surface area contributed by atoms with E-state index in [2.05, 4.69) is 57.3 Å². The summed E-state index contributed by atoms with van der Waals surface area (Å²) in [5.41, 5.74) is 0.923. The molecule has 1 N–H and O–H groups in total. The van der Waals surface area contributed by atoms with Crippen molar-refractivity contribution in [2.24, 2.45) is 46.3 Å². The molecule has 10 atom stereocenters. The number of esters is 2. The third kappa shape index (κ3) is 7.31. The van der Waals surface area contributed by atoms with Crippen molar-refractivity contribution in [2.75, 3.05) is 6.54 Å². The van der Waals surface area contributed by atoms with Crippen LogP contribution in [0.5, 0.6) is 0 Å². The lowest BCUT2D eigenvalue weighted by Crippen LogP contribution is -2.65. The lowest BCUT2D eigenvalue weighted by molar-refractivity contribution is -0.665. The predicted molar refractivity (Wildman–Crippen MR) is 196 cm³/mol. The maximum atomic E-state index is 12.8. The third-order valence-electron chi connectivity index (χ3n) is 15.2. The number of hydrogen-bond donors (Lipinski definition) is 1. The Bertz CT molecular complexity index is 1470. The Labute approximate surface area is 315 Å². The van der Waals surface area contributed by atoms with E-state index in [1.54, 1.807) is 0 Å². The van der Waals surface area contributed by atoms with Gasteiger partial charge in [-0.3, -0.25) is 14.4 Å². The molecule has 1 aliphatic heterocycles. The van der Waals surface area contributed by atoms with Gasteiger partial charge < -0.3 is 14.8 Å². The fourth-order valence-electron chi connectivity index (χ4n) is 12.4. The zero-order valence-corrected chi connectivity index (χ0v) is 32.9. The molecule has 2 spiro atoms. The fourth-order valence-corrected chi connectivity index (χ4v) is 12.4. The van der Waals surface area contributed by atoms with Crippen LogP contribution in [-0.4, -0.2) is 48.2 Å². The molecule has 53 heavy (non-hydrogen) atoms. The van der Waals surface area contributed by atoms with E-state index in [-0.39, 0.29) is 76.4 Å². The molecule has 6 aliphatic rings. The lowest BCUT2D eigenvalue weighted by atomic mass is 9.42. The molecular formula is C43H63NO9. The molecule has 0 radical (unpaired) electrons. The number of carbonyl (C=O) groups is 3. The van der Waals surface area contributed by atoms with E-state index < -0.39 is 11.6 Å². The summed E-state index contributed by atoms with van der Waals surface area (Å²) in [5.74, 6) is -0.721. The van der Waals surface area contributed by atoms with Crippen LogP contribution in [0.3, 0.4) is 0 Å². The van der Waals surface area contributed by atoms with E-state index in [0.29, 0.717) is 51.0 Å². The summed E-state index contributed by atoms with van der Waals surface area (Å²) in [7, 11) is 0. The number of hydrogen-bond acceptors (Lipinski definition) is 9. The molecule has 7 rings (SSSR count). The zero-order valence-electron chi connectivity index (χ0n) is 32.9. The molecule has 5 saturated carbocycles. The largest absolute Gasteiger partial charge is 0.462 e. The van der Waals surface area contributed by atoms with Gasteiger partial charge in [-0.25, -0.2) is 0 Å². The van der Waals surface area contributed by atoms with Crippen LogP contribution in [0.15, 0.2) is 30.3 Å². The first-order valence-corrected chi connectivity index (χ1v) is 20.7. The summed E-state index contributed by atoms with van der Waals surface area (Å²) in [4.78, 5) is 63.1. The van der Waals surface area contributed by atoms with Crippen molar-refractivity contribution in [2.45, 2.75) is 161 Å². The van der Waals surface area contributed by atoms with Crippen LogP contribution in [0.1, 0.15) is 143 Å². The SMILES string of the molecule is CCCNC(=O)CCC(C)[C@H]1CCC2C3C(C[C@H](OC(C)=O)[C@@]21C)[C@@]1(C)CCC2(C[C@H]1C[C@H]3OC(C)=O)OOC1(CCC(c3ccccc3)CC1)OO2.